The molecule has 18 heavy (non-hydrogen) atoms. The lowest BCUT2D eigenvalue weighted by molar-refractivity contribution is 0.0916. The number of benzene rings is 1. The molecule has 6 heteroatoms. The van der Waals surface area contributed by atoms with Crippen molar-refractivity contribution in [1.82, 2.24) is 5.32 Å². The zero-order valence-electron chi connectivity index (χ0n) is 10.2. The van der Waals surface area contributed by atoms with Crippen molar-refractivity contribution in [3.05, 3.63) is 27.7 Å². The molecule has 0 bridgehead atoms. The fourth-order valence-corrected chi connectivity index (χ4v) is 1.67. The topological polar surface area (TPSA) is 75.3 Å². The van der Waals surface area contributed by atoms with Crippen LogP contribution in [-0.4, -0.2) is 23.7 Å². The molecule has 0 aliphatic heterocycles. The Morgan fingerprint density at radius 2 is 2.06 bits per heavy atom. The molecule has 0 aliphatic carbocycles. The second kappa shape index (κ2) is 6.27. The number of rotatable bonds is 4. The van der Waals surface area contributed by atoms with E-state index < -0.39 is 0 Å². The molecule has 2 unspecified atom stereocenters. The predicted octanol–water partition coefficient (Wildman–Crippen LogP) is 2.32. The molecule has 0 spiro atoms. The van der Waals surface area contributed by atoms with Crippen LogP contribution in [0.2, 0.25) is 10.0 Å². The van der Waals surface area contributed by atoms with Crippen LogP contribution in [0.1, 0.15) is 24.2 Å². The summed E-state index contributed by atoms with van der Waals surface area (Å²) in [5.74, 6) is -0.331. The van der Waals surface area contributed by atoms with Crippen molar-refractivity contribution >= 4 is 34.8 Å². The molecule has 0 fully saturated rings. The second-order valence-corrected chi connectivity index (χ2v) is 5.07. The summed E-state index contributed by atoms with van der Waals surface area (Å²) in [7, 11) is 0. The van der Waals surface area contributed by atoms with Crippen LogP contribution in [-0.2, 0) is 0 Å². The summed E-state index contributed by atoms with van der Waals surface area (Å²) < 4.78 is 0. The minimum absolute atomic E-state index is 0.00492. The first-order valence-corrected chi connectivity index (χ1v) is 6.28. The molecule has 0 saturated carbocycles. The molecule has 0 saturated heterocycles. The van der Waals surface area contributed by atoms with E-state index in [0.29, 0.717) is 5.56 Å². The fourth-order valence-electron chi connectivity index (χ4n) is 1.33. The predicted molar refractivity (Wildman–Crippen MR) is 74.1 cm³/mol. The normalized spacial score (nSPS) is 14.1. The largest absolute Gasteiger partial charge is 0.397 e. The molecule has 1 aromatic carbocycles. The Morgan fingerprint density at radius 1 is 1.44 bits per heavy atom. The first-order chi connectivity index (χ1) is 8.36. The van der Waals surface area contributed by atoms with Crippen LogP contribution in [0.5, 0.6) is 0 Å². The van der Waals surface area contributed by atoms with E-state index in [9.17, 15) is 4.79 Å². The number of hydrogen-bond donors (Lipinski definition) is 3. The van der Waals surface area contributed by atoms with Gasteiger partial charge in [0.15, 0.2) is 0 Å². The SMILES string of the molecule is CC(CO)C(C)NC(=O)c1cc(N)c(Cl)c(Cl)c1. The van der Waals surface area contributed by atoms with Crippen LogP contribution < -0.4 is 11.1 Å². The molecular weight excluding hydrogens is 275 g/mol. The van der Waals surface area contributed by atoms with Crippen LogP contribution in [0.4, 0.5) is 5.69 Å². The highest BCUT2D eigenvalue weighted by atomic mass is 35.5. The summed E-state index contributed by atoms with van der Waals surface area (Å²) in [6.07, 6.45) is 0. The van der Waals surface area contributed by atoms with Crippen molar-refractivity contribution in [2.75, 3.05) is 12.3 Å². The molecule has 1 rings (SSSR count). The number of nitrogens with two attached hydrogens (primary N) is 1. The lowest BCUT2D eigenvalue weighted by Gasteiger charge is -2.19. The molecule has 0 heterocycles. The average molecular weight is 291 g/mol. The van der Waals surface area contributed by atoms with Gasteiger partial charge in [-0.3, -0.25) is 4.79 Å². The van der Waals surface area contributed by atoms with Crippen molar-refractivity contribution in [2.24, 2.45) is 5.92 Å². The molecule has 100 valence electrons. The Labute approximate surface area is 116 Å². The van der Waals surface area contributed by atoms with Crippen molar-refractivity contribution in [3.8, 4) is 0 Å². The summed E-state index contributed by atoms with van der Waals surface area (Å²) in [6.45, 7) is 3.67. The third-order valence-electron chi connectivity index (χ3n) is 2.82. The van der Waals surface area contributed by atoms with Crippen LogP contribution >= 0.6 is 23.2 Å². The maximum Gasteiger partial charge on any atom is 0.251 e. The molecule has 0 aromatic heterocycles. The van der Waals surface area contributed by atoms with E-state index in [1.54, 1.807) is 0 Å². The van der Waals surface area contributed by atoms with E-state index >= 15 is 0 Å². The quantitative estimate of drug-likeness (QED) is 0.745. The van der Waals surface area contributed by atoms with Crippen LogP contribution in [0.3, 0.4) is 0 Å². The zero-order valence-corrected chi connectivity index (χ0v) is 11.7. The second-order valence-electron chi connectivity index (χ2n) is 4.28. The van der Waals surface area contributed by atoms with Gasteiger partial charge < -0.3 is 16.2 Å². The number of anilines is 1. The van der Waals surface area contributed by atoms with Crippen molar-refractivity contribution < 1.29 is 9.90 Å². The number of nitrogen functional groups attached to an aromatic ring is 1. The summed E-state index contributed by atoms with van der Waals surface area (Å²) in [5.41, 5.74) is 6.25. The Morgan fingerprint density at radius 3 is 2.56 bits per heavy atom. The molecule has 1 aromatic rings. The molecular formula is C12H16Cl2N2O2. The zero-order chi connectivity index (χ0) is 13.9. The highest BCUT2D eigenvalue weighted by Gasteiger charge is 2.16. The van der Waals surface area contributed by atoms with Gasteiger partial charge in [0.1, 0.15) is 0 Å². The molecule has 4 N–H and O–H groups in total. The van der Waals surface area contributed by atoms with E-state index in [2.05, 4.69) is 5.32 Å². The van der Waals surface area contributed by atoms with E-state index in [-0.39, 0.29) is 40.2 Å². The highest BCUT2D eigenvalue weighted by Crippen LogP contribution is 2.29. The number of aliphatic hydroxyl groups excluding tert-OH is 1. The molecule has 0 radical (unpaired) electrons. The number of nitrogens with one attached hydrogen (secondary N) is 1. The Kier molecular flexibility index (Phi) is 5.26. The first kappa shape index (κ1) is 15.1. The summed E-state index contributed by atoms with van der Waals surface area (Å²) >= 11 is 11.7. The third-order valence-corrected chi connectivity index (χ3v) is 3.64. The van der Waals surface area contributed by atoms with Gasteiger partial charge in [-0.1, -0.05) is 30.1 Å². The average Bonchev–Trinajstić information content (AvgIpc) is 2.33. The van der Waals surface area contributed by atoms with E-state index in [0.717, 1.165) is 0 Å². The number of carbonyl (C=O) groups is 1. The fraction of sp³-hybridized carbons (Fsp3) is 0.417. The van der Waals surface area contributed by atoms with Gasteiger partial charge in [0.25, 0.3) is 5.91 Å². The first-order valence-electron chi connectivity index (χ1n) is 5.53. The highest BCUT2D eigenvalue weighted by molar-refractivity contribution is 6.43. The van der Waals surface area contributed by atoms with Crippen molar-refractivity contribution in [3.63, 3.8) is 0 Å². The van der Waals surface area contributed by atoms with Crippen LogP contribution in [0, 0.1) is 5.92 Å². The van der Waals surface area contributed by atoms with Gasteiger partial charge in [-0.15, -0.1) is 0 Å². The van der Waals surface area contributed by atoms with Gasteiger partial charge in [-0.2, -0.15) is 0 Å². The van der Waals surface area contributed by atoms with Crippen LogP contribution in [0.25, 0.3) is 0 Å². The summed E-state index contributed by atoms with van der Waals surface area (Å²) in [4.78, 5) is 11.9. The van der Waals surface area contributed by atoms with Gasteiger partial charge in [0.2, 0.25) is 0 Å². The summed E-state index contributed by atoms with van der Waals surface area (Å²) in [6, 6.07) is 2.78. The smallest absolute Gasteiger partial charge is 0.251 e. The maximum absolute atomic E-state index is 11.9. The molecule has 0 aliphatic rings. The van der Waals surface area contributed by atoms with Gasteiger partial charge in [-0.05, 0) is 25.0 Å². The third kappa shape index (κ3) is 3.51. The number of carbonyl (C=O) groups excluding carboxylic acids is 1. The number of amides is 1. The number of hydrogen-bond acceptors (Lipinski definition) is 3. The number of aliphatic hydroxyl groups is 1. The van der Waals surface area contributed by atoms with Gasteiger partial charge in [0, 0.05) is 18.2 Å². The minimum Gasteiger partial charge on any atom is -0.397 e. The van der Waals surface area contributed by atoms with Crippen molar-refractivity contribution in [1.29, 1.82) is 0 Å². The molecule has 1 amide bonds. The van der Waals surface area contributed by atoms with E-state index in [4.69, 9.17) is 34.0 Å². The van der Waals surface area contributed by atoms with E-state index in [1.807, 2.05) is 13.8 Å². The lowest BCUT2D eigenvalue weighted by Crippen LogP contribution is -2.38. The van der Waals surface area contributed by atoms with Gasteiger partial charge in [-0.25, -0.2) is 0 Å². The Hall–Kier alpha value is -0.970. The molecule has 4 nitrogen and oxygen atoms in total. The molecule has 2 atom stereocenters. The van der Waals surface area contributed by atoms with Crippen LogP contribution in [0.15, 0.2) is 12.1 Å². The number of halogens is 2. The van der Waals surface area contributed by atoms with Gasteiger partial charge >= 0.3 is 0 Å². The minimum atomic E-state index is -0.298. The Bertz CT molecular complexity index is 429. The van der Waals surface area contributed by atoms with Crippen molar-refractivity contribution in [2.45, 2.75) is 19.9 Å². The monoisotopic (exact) mass is 290 g/mol. The van der Waals surface area contributed by atoms with E-state index in [1.165, 1.54) is 12.1 Å². The van der Waals surface area contributed by atoms with Gasteiger partial charge in [0.05, 0.1) is 15.7 Å². The summed E-state index contributed by atoms with van der Waals surface area (Å²) in [5, 5.41) is 12.2. The Balaban J connectivity index is 2.85. The lowest BCUT2D eigenvalue weighted by atomic mass is 10.0. The maximum atomic E-state index is 11.9. The standard InChI is InChI=1S/C12H16Cl2N2O2/c1-6(5-17)7(2)16-12(18)8-3-9(13)11(14)10(15)4-8/h3-4,6-7,17H,5,15H2,1-2H3,(H,16,18).